The number of imidazole rings is 1. The Bertz CT molecular complexity index is 531. The highest BCUT2D eigenvalue weighted by Crippen LogP contribution is 2.06. The molecular formula is C15H22N4O. The first-order valence-electron chi connectivity index (χ1n) is 7.15. The molecule has 0 aromatic carbocycles. The van der Waals surface area contributed by atoms with Crippen molar-refractivity contribution in [3.8, 4) is 0 Å². The monoisotopic (exact) mass is 274 g/mol. The molecule has 3 N–H and O–H groups in total. The number of carbonyl (C=O) groups is 1. The molecular weight excluding hydrogens is 252 g/mol. The molecule has 1 amide bonds. The third-order valence-corrected chi connectivity index (χ3v) is 3.31. The van der Waals surface area contributed by atoms with Crippen LogP contribution >= 0.6 is 0 Å². The van der Waals surface area contributed by atoms with E-state index in [1.807, 2.05) is 35.0 Å². The van der Waals surface area contributed by atoms with Crippen LogP contribution in [0.2, 0.25) is 0 Å². The molecule has 1 unspecified atom stereocenters. The first kappa shape index (κ1) is 14.5. The molecule has 0 saturated heterocycles. The van der Waals surface area contributed by atoms with E-state index in [4.69, 9.17) is 5.73 Å². The number of pyridine rings is 1. The van der Waals surface area contributed by atoms with E-state index in [0.29, 0.717) is 13.0 Å². The first-order chi connectivity index (χ1) is 9.72. The van der Waals surface area contributed by atoms with Crippen LogP contribution in [-0.4, -0.2) is 27.9 Å². The van der Waals surface area contributed by atoms with Gasteiger partial charge in [0.2, 0.25) is 5.91 Å². The Labute approximate surface area is 119 Å². The summed E-state index contributed by atoms with van der Waals surface area (Å²) in [6.07, 6.45) is 7.23. The molecule has 2 rings (SSSR count). The third kappa shape index (κ3) is 3.81. The quantitative estimate of drug-likeness (QED) is 0.804. The molecule has 0 aliphatic heterocycles. The van der Waals surface area contributed by atoms with Gasteiger partial charge in [0.15, 0.2) is 0 Å². The largest absolute Gasteiger partial charge is 0.352 e. The lowest BCUT2D eigenvalue weighted by Crippen LogP contribution is -2.40. The summed E-state index contributed by atoms with van der Waals surface area (Å²) >= 11 is 0. The fourth-order valence-electron chi connectivity index (χ4n) is 2.22. The number of hydrogen-bond donors (Lipinski definition) is 2. The van der Waals surface area contributed by atoms with Gasteiger partial charge in [-0.25, -0.2) is 4.98 Å². The maximum absolute atomic E-state index is 12.0. The third-order valence-electron chi connectivity index (χ3n) is 3.31. The van der Waals surface area contributed by atoms with Crippen LogP contribution in [0.3, 0.4) is 0 Å². The number of aromatic nitrogens is 2. The van der Waals surface area contributed by atoms with Gasteiger partial charge >= 0.3 is 0 Å². The number of nitrogens with zero attached hydrogens (tertiary/aromatic N) is 2. The molecule has 2 heterocycles. The molecule has 1 atom stereocenters. The van der Waals surface area contributed by atoms with E-state index in [-0.39, 0.29) is 11.9 Å². The second-order valence-electron chi connectivity index (χ2n) is 5.02. The molecule has 0 spiro atoms. The van der Waals surface area contributed by atoms with Crippen LogP contribution in [0.25, 0.3) is 5.65 Å². The van der Waals surface area contributed by atoms with Crippen molar-refractivity contribution in [2.45, 2.75) is 38.6 Å². The van der Waals surface area contributed by atoms with Gasteiger partial charge in [-0.05, 0) is 18.6 Å². The van der Waals surface area contributed by atoms with E-state index >= 15 is 0 Å². The Morgan fingerprint density at radius 2 is 2.35 bits per heavy atom. The van der Waals surface area contributed by atoms with Gasteiger partial charge in [-0.3, -0.25) is 4.79 Å². The summed E-state index contributed by atoms with van der Waals surface area (Å²) in [7, 11) is 0. The highest BCUT2D eigenvalue weighted by molar-refractivity contribution is 5.78. The molecule has 2 aromatic heterocycles. The van der Waals surface area contributed by atoms with Crippen molar-refractivity contribution in [2.24, 2.45) is 5.73 Å². The van der Waals surface area contributed by atoms with Gasteiger partial charge in [-0.2, -0.15) is 0 Å². The number of fused-ring (bicyclic) bond motifs is 1. The Kier molecular flexibility index (Phi) is 5.12. The molecule has 0 saturated carbocycles. The smallest absolute Gasteiger partial charge is 0.226 e. The van der Waals surface area contributed by atoms with Crippen LogP contribution in [0.5, 0.6) is 0 Å². The van der Waals surface area contributed by atoms with E-state index in [1.54, 1.807) is 0 Å². The molecule has 108 valence electrons. The van der Waals surface area contributed by atoms with Crippen LogP contribution in [0.4, 0.5) is 0 Å². The van der Waals surface area contributed by atoms with Crippen LogP contribution in [-0.2, 0) is 11.2 Å². The van der Waals surface area contributed by atoms with Gasteiger partial charge in [-0.15, -0.1) is 0 Å². The van der Waals surface area contributed by atoms with E-state index < -0.39 is 0 Å². The summed E-state index contributed by atoms with van der Waals surface area (Å²) in [5, 5.41) is 2.98. The maximum Gasteiger partial charge on any atom is 0.226 e. The van der Waals surface area contributed by atoms with Crippen molar-refractivity contribution in [2.75, 3.05) is 6.54 Å². The fraction of sp³-hybridized carbons (Fsp3) is 0.467. The average molecular weight is 274 g/mol. The highest BCUT2D eigenvalue weighted by atomic mass is 16.1. The molecule has 0 aliphatic carbocycles. The maximum atomic E-state index is 12.0. The number of amides is 1. The van der Waals surface area contributed by atoms with Crippen LogP contribution in [0.1, 0.15) is 31.9 Å². The van der Waals surface area contributed by atoms with Crippen molar-refractivity contribution in [1.82, 2.24) is 14.7 Å². The van der Waals surface area contributed by atoms with Gasteiger partial charge in [0.1, 0.15) is 5.65 Å². The van der Waals surface area contributed by atoms with Gasteiger partial charge in [0, 0.05) is 25.0 Å². The van der Waals surface area contributed by atoms with E-state index in [9.17, 15) is 4.79 Å². The fourth-order valence-corrected chi connectivity index (χ4v) is 2.22. The second-order valence-corrected chi connectivity index (χ2v) is 5.02. The Balaban J connectivity index is 1.93. The van der Waals surface area contributed by atoms with Gasteiger partial charge in [0.25, 0.3) is 0 Å². The molecule has 5 heteroatoms. The summed E-state index contributed by atoms with van der Waals surface area (Å²) in [6, 6.07) is 5.86. The zero-order valence-corrected chi connectivity index (χ0v) is 11.9. The first-order valence-corrected chi connectivity index (χ1v) is 7.15. The normalized spacial score (nSPS) is 12.5. The average Bonchev–Trinajstić information content (AvgIpc) is 2.85. The van der Waals surface area contributed by atoms with Crippen molar-refractivity contribution < 1.29 is 4.79 Å². The molecule has 2 aromatic rings. The summed E-state index contributed by atoms with van der Waals surface area (Å²) in [5.74, 6) is -0.0139. The van der Waals surface area contributed by atoms with Crippen molar-refractivity contribution in [1.29, 1.82) is 0 Å². The van der Waals surface area contributed by atoms with Gasteiger partial charge in [-0.1, -0.05) is 25.8 Å². The highest BCUT2D eigenvalue weighted by Gasteiger charge is 2.12. The second kappa shape index (κ2) is 7.05. The van der Waals surface area contributed by atoms with Crippen molar-refractivity contribution in [3.63, 3.8) is 0 Å². The Hall–Kier alpha value is -1.88. The van der Waals surface area contributed by atoms with Crippen LogP contribution < -0.4 is 11.1 Å². The lowest BCUT2D eigenvalue weighted by molar-refractivity contribution is -0.121. The lowest BCUT2D eigenvalue weighted by atomic mass is 10.1. The molecule has 0 radical (unpaired) electrons. The van der Waals surface area contributed by atoms with Crippen LogP contribution in [0, 0.1) is 0 Å². The predicted molar refractivity (Wildman–Crippen MR) is 79.4 cm³/mol. The summed E-state index contributed by atoms with van der Waals surface area (Å²) in [6.45, 7) is 2.61. The van der Waals surface area contributed by atoms with E-state index in [2.05, 4.69) is 17.2 Å². The van der Waals surface area contributed by atoms with Crippen LogP contribution in [0.15, 0.2) is 30.6 Å². The molecule has 20 heavy (non-hydrogen) atoms. The van der Waals surface area contributed by atoms with Gasteiger partial charge in [0.05, 0.1) is 12.1 Å². The number of nitrogens with two attached hydrogens (primary N) is 1. The zero-order chi connectivity index (χ0) is 14.4. The standard InChI is InChI=1S/C15H22N4O/c1-2-3-6-12(10-16)18-15(20)9-13-11-19-8-5-4-7-14(19)17-13/h4-5,7-8,11-12H,2-3,6,9-10,16H2,1H3,(H,18,20). The van der Waals surface area contributed by atoms with Crippen molar-refractivity contribution in [3.05, 3.63) is 36.3 Å². The van der Waals surface area contributed by atoms with Gasteiger partial charge < -0.3 is 15.5 Å². The minimum absolute atomic E-state index is 0.0139. The van der Waals surface area contributed by atoms with E-state index in [0.717, 1.165) is 30.6 Å². The minimum atomic E-state index is -0.0139. The number of hydrogen-bond acceptors (Lipinski definition) is 3. The number of carbonyl (C=O) groups excluding carboxylic acids is 1. The number of unbranched alkanes of at least 4 members (excludes halogenated alkanes) is 1. The zero-order valence-electron chi connectivity index (χ0n) is 11.9. The number of nitrogens with one attached hydrogen (secondary N) is 1. The minimum Gasteiger partial charge on any atom is -0.352 e. The molecule has 0 fully saturated rings. The summed E-state index contributed by atoms with van der Waals surface area (Å²) in [4.78, 5) is 16.4. The summed E-state index contributed by atoms with van der Waals surface area (Å²) in [5.41, 5.74) is 7.32. The summed E-state index contributed by atoms with van der Waals surface area (Å²) < 4.78 is 1.92. The topological polar surface area (TPSA) is 72.4 Å². The van der Waals surface area contributed by atoms with E-state index in [1.165, 1.54) is 0 Å². The number of rotatable bonds is 7. The predicted octanol–water partition coefficient (Wildman–Crippen LogP) is 1.51. The lowest BCUT2D eigenvalue weighted by Gasteiger charge is -2.15. The molecule has 5 nitrogen and oxygen atoms in total. The Morgan fingerprint density at radius 1 is 1.50 bits per heavy atom. The molecule has 0 aliphatic rings. The SMILES string of the molecule is CCCCC(CN)NC(=O)Cc1cn2ccccc2n1. The molecule has 0 bridgehead atoms. The van der Waals surface area contributed by atoms with Crippen molar-refractivity contribution >= 4 is 11.6 Å². The Morgan fingerprint density at radius 3 is 3.05 bits per heavy atom.